The van der Waals surface area contributed by atoms with Crippen LogP contribution in [0.2, 0.25) is 0 Å². The van der Waals surface area contributed by atoms with Crippen LogP contribution in [-0.4, -0.2) is 18.1 Å². The second-order valence-corrected chi connectivity index (χ2v) is 4.99. The number of oxazole rings is 1. The van der Waals surface area contributed by atoms with Gasteiger partial charge in [-0.3, -0.25) is 0 Å². The van der Waals surface area contributed by atoms with E-state index in [1.165, 1.54) is 7.11 Å². The van der Waals surface area contributed by atoms with Crippen molar-refractivity contribution in [1.82, 2.24) is 4.98 Å². The molecule has 0 saturated carbocycles. The van der Waals surface area contributed by atoms with Gasteiger partial charge in [-0.15, -0.1) is 0 Å². The Balaban J connectivity index is 2.22. The van der Waals surface area contributed by atoms with E-state index in [1.807, 2.05) is 32.0 Å². The molecule has 1 aromatic heterocycles. The van der Waals surface area contributed by atoms with Gasteiger partial charge >= 0.3 is 5.97 Å². The molecule has 0 spiro atoms. The minimum Gasteiger partial charge on any atom is -0.465 e. The van der Waals surface area contributed by atoms with Gasteiger partial charge in [0.15, 0.2) is 5.58 Å². The van der Waals surface area contributed by atoms with E-state index in [2.05, 4.69) is 4.98 Å². The van der Waals surface area contributed by atoms with Crippen LogP contribution in [0.1, 0.15) is 21.5 Å². The maximum atomic E-state index is 11.9. The van der Waals surface area contributed by atoms with Gasteiger partial charge in [0.25, 0.3) is 0 Å². The number of rotatable bonds is 2. The lowest BCUT2D eigenvalue weighted by atomic mass is 10.1. The van der Waals surface area contributed by atoms with Crippen molar-refractivity contribution < 1.29 is 13.9 Å². The molecular weight excluding hydrogens is 266 g/mol. The molecule has 1 heterocycles. The molecule has 21 heavy (non-hydrogen) atoms. The van der Waals surface area contributed by atoms with Crippen molar-refractivity contribution in [1.29, 1.82) is 0 Å². The third-order valence-electron chi connectivity index (χ3n) is 3.38. The van der Waals surface area contributed by atoms with E-state index in [0.717, 1.165) is 22.2 Å². The van der Waals surface area contributed by atoms with Crippen molar-refractivity contribution in [2.75, 3.05) is 7.11 Å². The van der Waals surface area contributed by atoms with Crippen molar-refractivity contribution in [2.24, 2.45) is 0 Å². The number of nitrogens with zero attached hydrogens (tertiary/aromatic N) is 1. The van der Waals surface area contributed by atoms with Crippen LogP contribution in [0.15, 0.2) is 40.8 Å². The summed E-state index contributed by atoms with van der Waals surface area (Å²) in [5.41, 5.74) is 4.77. The van der Waals surface area contributed by atoms with Gasteiger partial charge in [0.2, 0.25) is 5.89 Å². The maximum Gasteiger partial charge on any atom is 0.338 e. The van der Waals surface area contributed by atoms with E-state index in [-0.39, 0.29) is 0 Å². The lowest BCUT2D eigenvalue weighted by Gasteiger charge is -2.03. The van der Waals surface area contributed by atoms with Crippen LogP contribution in [0, 0.1) is 13.8 Å². The lowest BCUT2D eigenvalue weighted by molar-refractivity contribution is 0.0601. The quantitative estimate of drug-likeness (QED) is 0.668. The molecular formula is C17H15NO3. The van der Waals surface area contributed by atoms with Gasteiger partial charge in [-0.25, -0.2) is 9.78 Å². The van der Waals surface area contributed by atoms with Crippen LogP contribution >= 0.6 is 0 Å². The minimum absolute atomic E-state index is 0.402. The highest BCUT2D eigenvalue weighted by Crippen LogP contribution is 2.29. The van der Waals surface area contributed by atoms with Crippen molar-refractivity contribution in [3.05, 3.63) is 53.1 Å². The highest BCUT2D eigenvalue weighted by molar-refractivity contribution is 5.96. The fraction of sp³-hybridized carbons (Fsp3) is 0.176. The molecule has 0 aliphatic carbocycles. The fourth-order valence-corrected chi connectivity index (χ4v) is 2.45. The summed E-state index contributed by atoms with van der Waals surface area (Å²) in [4.78, 5) is 16.4. The molecule has 2 aromatic carbocycles. The van der Waals surface area contributed by atoms with Crippen LogP contribution in [0.25, 0.3) is 22.6 Å². The number of fused-ring (bicyclic) bond motifs is 1. The van der Waals surface area contributed by atoms with Gasteiger partial charge < -0.3 is 9.15 Å². The maximum absolute atomic E-state index is 11.9. The molecule has 3 rings (SSSR count). The van der Waals surface area contributed by atoms with E-state index in [4.69, 9.17) is 9.15 Å². The molecule has 0 radical (unpaired) electrons. The molecule has 0 bridgehead atoms. The van der Waals surface area contributed by atoms with Crippen LogP contribution < -0.4 is 0 Å². The van der Waals surface area contributed by atoms with E-state index in [1.54, 1.807) is 18.2 Å². The van der Waals surface area contributed by atoms with Crippen molar-refractivity contribution >= 4 is 17.1 Å². The second kappa shape index (κ2) is 5.05. The van der Waals surface area contributed by atoms with Gasteiger partial charge in [-0.05, 0) is 43.2 Å². The van der Waals surface area contributed by atoms with Gasteiger partial charge in [0.05, 0.1) is 18.2 Å². The summed E-state index contributed by atoms with van der Waals surface area (Å²) in [7, 11) is 1.36. The number of esters is 1. The molecule has 4 heteroatoms. The molecule has 0 aliphatic rings. The number of aromatic nitrogens is 1. The largest absolute Gasteiger partial charge is 0.465 e. The predicted molar refractivity (Wildman–Crippen MR) is 80.3 cm³/mol. The highest BCUT2D eigenvalue weighted by Gasteiger charge is 2.17. The highest BCUT2D eigenvalue weighted by atomic mass is 16.5. The predicted octanol–water partition coefficient (Wildman–Crippen LogP) is 3.90. The average molecular weight is 281 g/mol. The number of benzene rings is 2. The lowest BCUT2D eigenvalue weighted by Crippen LogP contribution is -2.03. The Morgan fingerprint density at radius 1 is 1.19 bits per heavy atom. The van der Waals surface area contributed by atoms with E-state index < -0.39 is 5.97 Å². The Bertz CT molecular complexity index is 833. The second-order valence-electron chi connectivity index (χ2n) is 4.99. The zero-order valence-electron chi connectivity index (χ0n) is 12.1. The van der Waals surface area contributed by atoms with Gasteiger partial charge in [-0.1, -0.05) is 18.2 Å². The molecule has 0 amide bonds. The minimum atomic E-state index is -0.402. The molecule has 106 valence electrons. The Labute approximate surface area is 122 Å². The number of aryl methyl sites for hydroxylation is 2. The first-order chi connectivity index (χ1) is 10.1. The Kier molecular flexibility index (Phi) is 3.22. The molecule has 0 unspecified atom stereocenters. The van der Waals surface area contributed by atoms with Crippen LogP contribution in [0.3, 0.4) is 0 Å². The summed E-state index contributed by atoms with van der Waals surface area (Å²) in [5, 5.41) is 0. The first-order valence-corrected chi connectivity index (χ1v) is 6.65. The summed E-state index contributed by atoms with van der Waals surface area (Å²) in [6.45, 7) is 4.00. The summed E-state index contributed by atoms with van der Waals surface area (Å²) in [5.74, 6) is 0.0282. The Hall–Kier alpha value is -2.62. The number of ether oxygens (including phenoxy) is 1. The molecule has 0 N–H and O–H groups in total. The van der Waals surface area contributed by atoms with Crippen molar-refractivity contribution in [2.45, 2.75) is 13.8 Å². The van der Waals surface area contributed by atoms with Gasteiger partial charge in [0, 0.05) is 0 Å². The SMILES string of the molecule is COC(=O)c1ccccc1-c1nc2cc(C)cc(C)c2o1. The monoisotopic (exact) mass is 281 g/mol. The first-order valence-electron chi connectivity index (χ1n) is 6.65. The van der Waals surface area contributed by atoms with Gasteiger partial charge in [0.1, 0.15) is 5.52 Å². The number of hydrogen-bond acceptors (Lipinski definition) is 4. The molecule has 4 nitrogen and oxygen atoms in total. The Morgan fingerprint density at radius 3 is 2.71 bits per heavy atom. The number of carbonyl (C=O) groups excluding carboxylic acids is 1. The van der Waals surface area contributed by atoms with Gasteiger partial charge in [-0.2, -0.15) is 0 Å². The van der Waals surface area contributed by atoms with Crippen LogP contribution in [-0.2, 0) is 4.74 Å². The number of hydrogen-bond donors (Lipinski definition) is 0. The third-order valence-corrected chi connectivity index (χ3v) is 3.38. The topological polar surface area (TPSA) is 52.3 Å². The molecule has 0 fully saturated rings. The smallest absolute Gasteiger partial charge is 0.338 e. The van der Waals surface area contributed by atoms with Crippen LogP contribution in [0.5, 0.6) is 0 Å². The summed E-state index contributed by atoms with van der Waals surface area (Å²) in [6.07, 6.45) is 0. The van der Waals surface area contributed by atoms with Crippen LogP contribution in [0.4, 0.5) is 0 Å². The normalized spacial score (nSPS) is 10.8. The van der Waals surface area contributed by atoms with Crippen molar-refractivity contribution in [3.63, 3.8) is 0 Å². The summed E-state index contributed by atoms with van der Waals surface area (Å²) >= 11 is 0. The van der Waals surface area contributed by atoms with Crippen molar-refractivity contribution in [3.8, 4) is 11.5 Å². The Morgan fingerprint density at radius 2 is 1.95 bits per heavy atom. The van der Waals surface area contributed by atoms with E-state index >= 15 is 0 Å². The van der Waals surface area contributed by atoms with E-state index in [9.17, 15) is 4.79 Å². The third kappa shape index (κ3) is 2.29. The molecule has 0 aliphatic heterocycles. The molecule has 3 aromatic rings. The average Bonchev–Trinajstić information content (AvgIpc) is 2.90. The zero-order valence-corrected chi connectivity index (χ0v) is 12.1. The molecule has 0 saturated heterocycles. The summed E-state index contributed by atoms with van der Waals surface area (Å²) in [6, 6.07) is 11.1. The number of carbonyl (C=O) groups is 1. The van der Waals surface area contributed by atoms with E-state index in [0.29, 0.717) is 17.0 Å². The fourth-order valence-electron chi connectivity index (χ4n) is 2.45. The first kappa shape index (κ1) is 13.4. The molecule has 0 atom stereocenters. The standard InChI is InChI=1S/C17H15NO3/c1-10-8-11(2)15-14(9-10)18-16(21-15)12-6-4-5-7-13(12)17(19)20-3/h4-9H,1-3H3. The number of methoxy groups -OCH3 is 1. The summed E-state index contributed by atoms with van der Waals surface area (Å²) < 4.78 is 10.7. The zero-order chi connectivity index (χ0) is 15.0.